The van der Waals surface area contributed by atoms with E-state index in [1.54, 1.807) is 6.20 Å². The quantitative estimate of drug-likeness (QED) is 0.485. The number of primary sulfonamides is 1. The van der Waals surface area contributed by atoms with Crippen molar-refractivity contribution in [2.45, 2.75) is 11.4 Å². The lowest BCUT2D eigenvalue weighted by Gasteiger charge is -2.20. The molecule has 0 saturated heterocycles. The molecule has 7 nitrogen and oxygen atoms in total. The molecule has 5 rings (SSSR count). The number of nitrogens with zero attached hydrogens (tertiary/aromatic N) is 2. The van der Waals surface area contributed by atoms with Gasteiger partial charge in [-0.1, -0.05) is 24.3 Å². The second-order valence-electron chi connectivity index (χ2n) is 8.00. The third kappa shape index (κ3) is 4.23. The number of carbonyl (C=O) groups excluding carboxylic acids is 1. The molecule has 2 heterocycles. The molecule has 172 valence electrons. The average Bonchev–Trinajstić information content (AvgIpc) is 3.05. The molecule has 2 N–H and O–H groups in total. The molecule has 0 fully saturated rings. The number of rotatable bonds is 3. The average molecular weight is 478 g/mol. The Hall–Kier alpha value is -3.82. The number of sulfonamides is 1. The summed E-state index contributed by atoms with van der Waals surface area (Å²) in [5.41, 5.74) is 3.58. The third-order valence-corrected chi connectivity index (χ3v) is 6.66. The first-order valence-electron chi connectivity index (χ1n) is 10.5. The van der Waals surface area contributed by atoms with E-state index in [2.05, 4.69) is 11.1 Å². The maximum Gasteiger partial charge on any atom is 0.254 e. The Morgan fingerprint density at radius 2 is 1.85 bits per heavy atom. The molecule has 3 aromatic carbocycles. The minimum atomic E-state index is -4.30. The maximum atomic E-state index is 13.9. The molecule has 1 amide bonds. The SMILES string of the molecule is NS(=O)(=O)c1cc(C(=O)N2CCOc3ccc(-c4cnc5ccccc5c4)cc3C2)ccc1F. The van der Waals surface area contributed by atoms with Crippen LogP contribution in [0.1, 0.15) is 15.9 Å². The highest BCUT2D eigenvalue weighted by molar-refractivity contribution is 7.89. The summed E-state index contributed by atoms with van der Waals surface area (Å²) in [5.74, 6) is -0.784. The fourth-order valence-corrected chi connectivity index (χ4v) is 4.64. The predicted molar refractivity (Wildman–Crippen MR) is 125 cm³/mol. The van der Waals surface area contributed by atoms with Crippen LogP contribution in [0.25, 0.3) is 22.0 Å². The van der Waals surface area contributed by atoms with Crippen LogP contribution in [0.5, 0.6) is 5.75 Å². The molecule has 9 heteroatoms. The number of benzene rings is 3. The summed E-state index contributed by atoms with van der Waals surface area (Å²) in [4.78, 5) is 18.5. The first-order valence-corrected chi connectivity index (χ1v) is 12.1. The summed E-state index contributed by atoms with van der Waals surface area (Å²) >= 11 is 0. The lowest BCUT2D eigenvalue weighted by Crippen LogP contribution is -2.32. The Morgan fingerprint density at radius 1 is 1.03 bits per heavy atom. The van der Waals surface area contributed by atoms with Gasteiger partial charge in [-0.15, -0.1) is 0 Å². The Labute approximate surface area is 195 Å². The van der Waals surface area contributed by atoms with Gasteiger partial charge >= 0.3 is 0 Å². The minimum Gasteiger partial charge on any atom is -0.491 e. The second-order valence-corrected chi connectivity index (χ2v) is 9.53. The highest BCUT2D eigenvalue weighted by atomic mass is 32.2. The zero-order valence-corrected chi connectivity index (χ0v) is 18.8. The molecule has 1 aliphatic heterocycles. The van der Waals surface area contributed by atoms with Crippen molar-refractivity contribution in [3.63, 3.8) is 0 Å². The first kappa shape index (κ1) is 22.0. The van der Waals surface area contributed by atoms with Crippen molar-refractivity contribution in [3.05, 3.63) is 89.9 Å². The van der Waals surface area contributed by atoms with Gasteiger partial charge in [0.2, 0.25) is 10.0 Å². The molecule has 0 radical (unpaired) electrons. The van der Waals surface area contributed by atoms with Crippen molar-refractivity contribution in [2.75, 3.05) is 13.2 Å². The van der Waals surface area contributed by atoms with Gasteiger partial charge in [0.05, 0.1) is 12.1 Å². The van der Waals surface area contributed by atoms with Gasteiger partial charge in [-0.3, -0.25) is 9.78 Å². The van der Waals surface area contributed by atoms with E-state index >= 15 is 0 Å². The fraction of sp³-hybridized carbons (Fsp3) is 0.120. The molecular weight excluding hydrogens is 457 g/mol. The van der Waals surface area contributed by atoms with E-state index < -0.39 is 26.6 Å². The Morgan fingerprint density at radius 3 is 2.68 bits per heavy atom. The largest absolute Gasteiger partial charge is 0.491 e. The van der Waals surface area contributed by atoms with Crippen molar-refractivity contribution in [1.29, 1.82) is 0 Å². The lowest BCUT2D eigenvalue weighted by molar-refractivity contribution is 0.0733. The van der Waals surface area contributed by atoms with Crippen molar-refractivity contribution in [1.82, 2.24) is 9.88 Å². The van der Waals surface area contributed by atoms with Crippen molar-refractivity contribution >= 4 is 26.8 Å². The highest BCUT2D eigenvalue weighted by Gasteiger charge is 2.24. The highest BCUT2D eigenvalue weighted by Crippen LogP contribution is 2.31. The number of hydrogen-bond donors (Lipinski definition) is 1. The van der Waals surface area contributed by atoms with Crippen LogP contribution in [0, 0.1) is 5.82 Å². The molecule has 0 unspecified atom stereocenters. The van der Waals surface area contributed by atoms with Gasteiger partial charge in [0.25, 0.3) is 5.91 Å². The van der Waals surface area contributed by atoms with Crippen LogP contribution in [0.4, 0.5) is 4.39 Å². The number of carbonyl (C=O) groups is 1. The normalized spacial score (nSPS) is 13.8. The topological polar surface area (TPSA) is 103 Å². The molecule has 0 bridgehead atoms. The van der Waals surface area contributed by atoms with Gasteiger partial charge in [0, 0.05) is 34.8 Å². The fourth-order valence-electron chi connectivity index (χ4n) is 4.01. The van der Waals surface area contributed by atoms with Gasteiger partial charge in [0.15, 0.2) is 0 Å². The first-order chi connectivity index (χ1) is 16.3. The van der Waals surface area contributed by atoms with Gasteiger partial charge < -0.3 is 9.64 Å². The van der Waals surface area contributed by atoms with Crippen LogP contribution < -0.4 is 9.88 Å². The standard InChI is InChI=1S/C25H20FN3O4S/c26-21-7-5-18(13-24(21)34(27,31)32)25(30)29-9-10-33-23-8-6-16(11-20(23)15-29)19-12-17-3-1-2-4-22(17)28-14-19/h1-8,11-14H,9-10,15H2,(H2,27,31,32). The predicted octanol–water partition coefficient (Wildman–Crippen LogP) is 3.72. The van der Waals surface area contributed by atoms with Crippen LogP contribution in [0.2, 0.25) is 0 Å². The lowest BCUT2D eigenvalue weighted by atomic mass is 10.0. The van der Waals surface area contributed by atoms with Crippen molar-refractivity contribution in [3.8, 4) is 16.9 Å². The van der Waals surface area contributed by atoms with Crippen molar-refractivity contribution < 1.29 is 22.3 Å². The summed E-state index contributed by atoms with van der Waals surface area (Å²) in [5, 5.41) is 6.10. The minimum absolute atomic E-state index is 0.0313. The molecule has 4 aromatic rings. The summed E-state index contributed by atoms with van der Waals surface area (Å²) in [6.07, 6.45) is 1.80. The molecule has 1 aromatic heterocycles. The molecule has 1 aliphatic rings. The van der Waals surface area contributed by atoms with E-state index in [1.807, 2.05) is 42.5 Å². The number of halogens is 1. The Balaban J connectivity index is 1.47. The monoisotopic (exact) mass is 477 g/mol. The Kier molecular flexibility index (Phi) is 5.51. The number of amides is 1. The van der Waals surface area contributed by atoms with E-state index in [1.165, 1.54) is 11.0 Å². The van der Waals surface area contributed by atoms with Crippen molar-refractivity contribution in [2.24, 2.45) is 5.14 Å². The zero-order chi connectivity index (χ0) is 23.9. The molecular formula is C25H20FN3O4S. The van der Waals surface area contributed by atoms with E-state index in [0.29, 0.717) is 5.75 Å². The van der Waals surface area contributed by atoms with Crippen LogP contribution in [0.3, 0.4) is 0 Å². The van der Waals surface area contributed by atoms with Crippen LogP contribution in [-0.4, -0.2) is 37.4 Å². The number of aromatic nitrogens is 1. The molecule has 0 saturated carbocycles. The number of pyridine rings is 1. The molecule has 0 aliphatic carbocycles. The third-order valence-electron chi connectivity index (χ3n) is 5.74. The zero-order valence-electron chi connectivity index (χ0n) is 17.9. The van der Waals surface area contributed by atoms with E-state index in [0.717, 1.165) is 39.7 Å². The number of para-hydroxylation sites is 1. The smallest absolute Gasteiger partial charge is 0.254 e. The van der Waals surface area contributed by atoms with E-state index in [-0.39, 0.29) is 25.3 Å². The van der Waals surface area contributed by atoms with Crippen LogP contribution >= 0.6 is 0 Å². The van der Waals surface area contributed by atoms with Crippen LogP contribution in [-0.2, 0) is 16.6 Å². The van der Waals surface area contributed by atoms with Crippen LogP contribution in [0.15, 0.2) is 77.8 Å². The maximum absolute atomic E-state index is 13.9. The summed E-state index contributed by atoms with van der Waals surface area (Å²) in [6.45, 7) is 0.784. The summed E-state index contributed by atoms with van der Waals surface area (Å²) < 4.78 is 43.1. The van der Waals surface area contributed by atoms with Gasteiger partial charge in [0.1, 0.15) is 23.1 Å². The summed E-state index contributed by atoms with van der Waals surface area (Å²) in [7, 11) is -4.30. The Bertz CT molecular complexity index is 1540. The van der Waals surface area contributed by atoms with Gasteiger partial charge in [-0.25, -0.2) is 17.9 Å². The molecule has 0 atom stereocenters. The second kappa shape index (κ2) is 8.51. The number of hydrogen-bond acceptors (Lipinski definition) is 5. The number of nitrogens with two attached hydrogens (primary N) is 1. The number of ether oxygens (including phenoxy) is 1. The van der Waals surface area contributed by atoms with Gasteiger partial charge in [-0.2, -0.15) is 0 Å². The molecule has 0 spiro atoms. The molecule has 34 heavy (non-hydrogen) atoms. The number of fused-ring (bicyclic) bond motifs is 2. The summed E-state index contributed by atoms with van der Waals surface area (Å²) in [6, 6.07) is 18.8. The van der Waals surface area contributed by atoms with E-state index in [9.17, 15) is 17.6 Å². The van der Waals surface area contributed by atoms with E-state index in [4.69, 9.17) is 9.88 Å². The van der Waals surface area contributed by atoms with Gasteiger partial charge in [-0.05, 0) is 48.0 Å².